The third-order valence-corrected chi connectivity index (χ3v) is 3.34. The van der Waals surface area contributed by atoms with E-state index in [1.165, 1.54) is 6.42 Å². The maximum absolute atomic E-state index is 4.27. The van der Waals surface area contributed by atoms with E-state index in [-0.39, 0.29) is 0 Å². The first-order valence-corrected chi connectivity index (χ1v) is 5.95. The van der Waals surface area contributed by atoms with Crippen LogP contribution in [0.1, 0.15) is 19.2 Å². The van der Waals surface area contributed by atoms with Crippen LogP contribution in [0.3, 0.4) is 0 Å². The van der Waals surface area contributed by atoms with Crippen molar-refractivity contribution in [2.24, 2.45) is 5.92 Å². The molecular weight excluding hydrogens is 200 g/mol. The van der Waals surface area contributed by atoms with E-state index in [1.54, 1.807) is 0 Å². The van der Waals surface area contributed by atoms with Crippen LogP contribution in [0, 0.1) is 5.92 Å². The number of hydrogen-bond acceptors (Lipinski definition) is 4. The van der Waals surface area contributed by atoms with Gasteiger partial charge in [-0.1, -0.05) is 6.92 Å². The van der Waals surface area contributed by atoms with Crippen LogP contribution >= 0.6 is 0 Å². The summed E-state index contributed by atoms with van der Waals surface area (Å²) in [5, 5.41) is 3.38. The zero-order valence-electron chi connectivity index (χ0n) is 10.1. The van der Waals surface area contributed by atoms with Crippen LogP contribution in [0.15, 0.2) is 18.5 Å². The van der Waals surface area contributed by atoms with Crippen LogP contribution in [0.25, 0.3) is 0 Å². The highest BCUT2D eigenvalue weighted by molar-refractivity contribution is 4.90. The van der Waals surface area contributed by atoms with Gasteiger partial charge in [-0.15, -0.1) is 0 Å². The summed E-state index contributed by atoms with van der Waals surface area (Å²) >= 11 is 0. The summed E-state index contributed by atoms with van der Waals surface area (Å²) in [6.07, 6.45) is 4.84. The normalized spacial score (nSPS) is 26.9. The molecule has 1 saturated heterocycles. The van der Waals surface area contributed by atoms with E-state index in [1.807, 2.05) is 18.5 Å². The van der Waals surface area contributed by atoms with Crippen molar-refractivity contribution in [1.29, 1.82) is 0 Å². The van der Waals surface area contributed by atoms with Gasteiger partial charge in [-0.05, 0) is 25.5 Å². The first kappa shape index (κ1) is 11.5. The third kappa shape index (κ3) is 2.77. The van der Waals surface area contributed by atoms with Crippen molar-refractivity contribution in [3.05, 3.63) is 24.3 Å². The number of likely N-dealkylation sites (tertiary alicyclic amines) is 1. The Balaban J connectivity index is 1.89. The van der Waals surface area contributed by atoms with Gasteiger partial charge in [0.2, 0.25) is 0 Å². The number of nitrogens with zero attached hydrogens (tertiary/aromatic N) is 3. The summed E-state index contributed by atoms with van der Waals surface area (Å²) in [5.41, 5.74) is 0. The van der Waals surface area contributed by atoms with Crippen molar-refractivity contribution in [2.75, 3.05) is 20.1 Å². The predicted octanol–water partition coefficient (Wildman–Crippen LogP) is 0.906. The molecule has 0 bridgehead atoms. The molecule has 2 rings (SSSR count). The number of rotatable bonds is 3. The molecule has 1 aliphatic rings. The Morgan fingerprint density at radius 2 is 2.19 bits per heavy atom. The number of piperidine rings is 1. The van der Waals surface area contributed by atoms with Crippen molar-refractivity contribution in [3.8, 4) is 0 Å². The summed E-state index contributed by atoms with van der Waals surface area (Å²) < 4.78 is 0. The second-order valence-corrected chi connectivity index (χ2v) is 4.56. The molecule has 1 aromatic rings. The molecule has 1 fully saturated rings. The molecule has 16 heavy (non-hydrogen) atoms. The number of nitrogens with one attached hydrogen (secondary N) is 1. The SMILES string of the molecule is CNC1CCN(Cc2ncccn2)CC1C. The molecule has 0 saturated carbocycles. The average molecular weight is 220 g/mol. The van der Waals surface area contributed by atoms with Gasteiger partial charge in [0.15, 0.2) is 0 Å². The summed E-state index contributed by atoms with van der Waals surface area (Å²) in [6, 6.07) is 2.52. The lowest BCUT2D eigenvalue weighted by Gasteiger charge is -2.36. The monoisotopic (exact) mass is 220 g/mol. The lowest BCUT2D eigenvalue weighted by atomic mass is 9.94. The van der Waals surface area contributed by atoms with Gasteiger partial charge >= 0.3 is 0 Å². The topological polar surface area (TPSA) is 41.0 Å². The van der Waals surface area contributed by atoms with Crippen molar-refractivity contribution < 1.29 is 0 Å². The molecule has 4 heteroatoms. The Morgan fingerprint density at radius 1 is 1.44 bits per heavy atom. The van der Waals surface area contributed by atoms with Crippen LogP contribution in [-0.4, -0.2) is 41.0 Å². The van der Waals surface area contributed by atoms with E-state index in [0.29, 0.717) is 12.0 Å². The molecule has 0 spiro atoms. The van der Waals surface area contributed by atoms with Gasteiger partial charge in [0.1, 0.15) is 5.82 Å². The van der Waals surface area contributed by atoms with E-state index in [2.05, 4.69) is 34.2 Å². The molecule has 0 radical (unpaired) electrons. The van der Waals surface area contributed by atoms with Crippen molar-refractivity contribution in [2.45, 2.75) is 25.9 Å². The van der Waals surface area contributed by atoms with Crippen LogP contribution in [0.5, 0.6) is 0 Å². The van der Waals surface area contributed by atoms with Gasteiger partial charge in [-0.25, -0.2) is 9.97 Å². The number of aromatic nitrogens is 2. The van der Waals surface area contributed by atoms with E-state index < -0.39 is 0 Å². The Labute approximate surface area is 97.1 Å². The Kier molecular flexibility index (Phi) is 3.85. The summed E-state index contributed by atoms with van der Waals surface area (Å²) in [4.78, 5) is 11.0. The van der Waals surface area contributed by atoms with Gasteiger partial charge in [0.25, 0.3) is 0 Å². The summed E-state index contributed by atoms with van der Waals surface area (Å²) in [5.74, 6) is 1.63. The molecule has 1 aromatic heterocycles. The van der Waals surface area contributed by atoms with Crippen molar-refractivity contribution >= 4 is 0 Å². The van der Waals surface area contributed by atoms with E-state index in [4.69, 9.17) is 0 Å². The predicted molar refractivity (Wildman–Crippen MR) is 63.9 cm³/mol. The molecule has 4 nitrogen and oxygen atoms in total. The van der Waals surface area contributed by atoms with Crippen LogP contribution < -0.4 is 5.32 Å². The Morgan fingerprint density at radius 3 is 2.81 bits per heavy atom. The molecule has 2 heterocycles. The second kappa shape index (κ2) is 5.37. The van der Waals surface area contributed by atoms with E-state index in [9.17, 15) is 0 Å². The molecule has 2 atom stereocenters. The zero-order valence-corrected chi connectivity index (χ0v) is 10.1. The molecule has 0 amide bonds. The van der Waals surface area contributed by atoms with E-state index in [0.717, 1.165) is 25.5 Å². The van der Waals surface area contributed by atoms with Gasteiger partial charge < -0.3 is 5.32 Å². The maximum atomic E-state index is 4.27. The largest absolute Gasteiger partial charge is 0.317 e. The zero-order chi connectivity index (χ0) is 11.4. The quantitative estimate of drug-likeness (QED) is 0.822. The average Bonchev–Trinajstić information content (AvgIpc) is 2.31. The van der Waals surface area contributed by atoms with Gasteiger partial charge in [0.05, 0.1) is 6.54 Å². The highest BCUT2D eigenvalue weighted by Gasteiger charge is 2.24. The minimum atomic E-state index is 0.660. The first-order valence-electron chi connectivity index (χ1n) is 5.95. The molecule has 1 aliphatic heterocycles. The lowest BCUT2D eigenvalue weighted by molar-refractivity contribution is 0.142. The molecule has 88 valence electrons. The van der Waals surface area contributed by atoms with Gasteiger partial charge in [-0.2, -0.15) is 0 Å². The third-order valence-electron chi connectivity index (χ3n) is 3.34. The molecule has 0 aliphatic carbocycles. The fourth-order valence-corrected chi connectivity index (χ4v) is 2.42. The highest BCUT2D eigenvalue weighted by atomic mass is 15.2. The smallest absolute Gasteiger partial charge is 0.142 e. The highest BCUT2D eigenvalue weighted by Crippen LogP contribution is 2.17. The Bertz CT molecular complexity index is 314. The number of hydrogen-bond donors (Lipinski definition) is 1. The molecular formula is C12H20N4. The van der Waals surface area contributed by atoms with Crippen molar-refractivity contribution in [1.82, 2.24) is 20.2 Å². The minimum Gasteiger partial charge on any atom is -0.317 e. The fourth-order valence-electron chi connectivity index (χ4n) is 2.42. The van der Waals surface area contributed by atoms with Crippen LogP contribution in [0.2, 0.25) is 0 Å². The first-order chi connectivity index (χ1) is 7.79. The molecule has 2 unspecified atom stereocenters. The van der Waals surface area contributed by atoms with Gasteiger partial charge in [0, 0.05) is 31.5 Å². The Hall–Kier alpha value is -1.00. The minimum absolute atomic E-state index is 0.660. The van der Waals surface area contributed by atoms with E-state index >= 15 is 0 Å². The molecule has 0 aromatic carbocycles. The second-order valence-electron chi connectivity index (χ2n) is 4.56. The summed E-state index contributed by atoms with van der Waals surface area (Å²) in [6.45, 7) is 5.44. The van der Waals surface area contributed by atoms with Crippen LogP contribution in [0.4, 0.5) is 0 Å². The van der Waals surface area contributed by atoms with Crippen LogP contribution in [-0.2, 0) is 6.54 Å². The maximum Gasteiger partial charge on any atom is 0.142 e. The molecule has 1 N–H and O–H groups in total. The summed E-state index contributed by atoms with van der Waals surface area (Å²) in [7, 11) is 2.05. The fraction of sp³-hybridized carbons (Fsp3) is 0.667. The van der Waals surface area contributed by atoms with Gasteiger partial charge in [-0.3, -0.25) is 4.90 Å². The standard InChI is InChI=1S/C12H20N4/c1-10-8-16(7-4-11(10)13-2)9-12-14-5-3-6-15-12/h3,5-6,10-11,13H,4,7-9H2,1-2H3. The van der Waals surface area contributed by atoms with Crippen molar-refractivity contribution in [3.63, 3.8) is 0 Å². The lowest BCUT2D eigenvalue weighted by Crippen LogP contribution is -2.46.